The molecule has 0 spiro atoms. The highest BCUT2D eigenvalue weighted by Gasteiger charge is 2.19. The van der Waals surface area contributed by atoms with Crippen LogP contribution in [0.2, 0.25) is 0 Å². The van der Waals surface area contributed by atoms with Crippen molar-refractivity contribution in [2.75, 3.05) is 26.2 Å². The molecule has 6 nitrogen and oxygen atoms in total. The van der Waals surface area contributed by atoms with Gasteiger partial charge in [0.25, 0.3) is 0 Å². The number of hydrogen-bond donors (Lipinski definition) is 2. The van der Waals surface area contributed by atoms with E-state index in [1.807, 2.05) is 0 Å². The number of nitrogens with zero attached hydrogens (tertiary/aromatic N) is 1. The van der Waals surface area contributed by atoms with Crippen LogP contribution in [0.15, 0.2) is 16.3 Å². The van der Waals surface area contributed by atoms with Crippen LogP contribution in [0.3, 0.4) is 0 Å². The van der Waals surface area contributed by atoms with Crippen molar-refractivity contribution < 1.29 is 18.3 Å². The average molecular weight is 383 g/mol. The highest BCUT2D eigenvalue weighted by Crippen LogP contribution is 2.19. The van der Waals surface area contributed by atoms with Gasteiger partial charge in [-0.2, -0.15) is 0 Å². The van der Waals surface area contributed by atoms with Gasteiger partial charge in [-0.15, -0.1) is 23.7 Å². The fourth-order valence-corrected chi connectivity index (χ4v) is 4.64. The number of hydrogen-bond acceptors (Lipinski definition) is 5. The Bertz CT molecular complexity index is 610. The molecule has 0 aromatic carbocycles. The van der Waals surface area contributed by atoms with Crippen molar-refractivity contribution in [1.29, 1.82) is 0 Å². The predicted octanol–water partition coefficient (Wildman–Crippen LogP) is 2.27. The van der Waals surface area contributed by atoms with Crippen LogP contribution in [0.4, 0.5) is 0 Å². The molecule has 0 radical (unpaired) electrons. The molecule has 0 atom stereocenters. The van der Waals surface area contributed by atoms with Crippen LogP contribution >= 0.6 is 23.7 Å². The molecular weight excluding hydrogens is 360 g/mol. The van der Waals surface area contributed by atoms with Crippen molar-refractivity contribution in [3.05, 3.63) is 16.3 Å². The lowest BCUT2D eigenvalue weighted by molar-refractivity contribution is 0.0702. The number of nitrogens with one attached hydrogen (secondary N) is 1. The number of carboxylic acid groups (broad SMARTS) is 1. The first-order chi connectivity index (χ1) is 10.4. The van der Waals surface area contributed by atoms with Gasteiger partial charge in [0.15, 0.2) is 0 Å². The fraction of sp³-hybridized carbons (Fsp3) is 0.643. The first-order valence-corrected chi connectivity index (χ1v) is 9.78. The maximum Gasteiger partial charge on any atom is 0.345 e. The van der Waals surface area contributed by atoms with E-state index < -0.39 is 16.0 Å². The van der Waals surface area contributed by atoms with Gasteiger partial charge in [0, 0.05) is 11.9 Å². The highest BCUT2D eigenvalue weighted by atomic mass is 35.5. The Kier molecular flexibility index (Phi) is 7.96. The molecule has 1 aromatic heterocycles. The van der Waals surface area contributed by atoms with Crippen LogP contribution in [-0.4, -0.2) is 50.6 Å². The Balaban J connectivity index is 0.00000264. The summed E-state index contributed by atoms with van der Waals surface area (Å²) in [5.74, 6) is -0.317. The number of likely N-dealkylation sites (tertiary alicyclic amines) is 1. The molecule has 1 aliphatic rings. The van der Waals surface area contributed by atoms with E-state index >= 15 is 0 Å². The van der Waals surface area contributed by atoms with Gasteiger partial charge in [0.1, 0.15) is 4.88 Å². The molecule has 1 saturated heterocycles. The van der Waals surface area contributed by atoms with Gasteiger partial charge >= 0.3 is 5.97 Å². The molecule has 23 heavy (non-hydrogen) atoms. The second-order valence-electron chi connectivity index (χ2n) is 5.73. The Morgan fingerprint density at radius 2 is 2.09 bits per heavy atom. The minimum Gasteiger partial charge on any atom is -0.477 e. The topological polar surface area (TPSA) is 86.7 Å². The van der Waals surface area contributed by atoms with Gasteiger partial charge in [-0.05, 0) is 50.9 Å². The monoisotopic (exact) mass is 382 g/mol. The van der Waals surface area contributed by atoms with Crippen LogP contribution < -0.4 is 4.72 Å². The van der Waals surface area contributed by atoms with Crippen molar-refractivity contribution in [1.82, 2.24) is 9.62 Å². The third-order valence-electron chi connectivity index (χ3n) is 3.92. The third-order valence-corrected chi connectivity index (χ3v) is 6.42. The molecular formula is C14H23ClN2O4S2. The minimum absolute atomic E-state index is 0. The van der Waals surface area contributed by atoms with E-state index in [9.17, 15) is 13.2 Å². The second kappa shape index (κ2) is 8.98. The number of rotatable bonds is 7. The van der Waals surface area contributed by atoms with Crippen molar-refractivity contribution in [3.8, 4) is 0 Å². The van der Waals surface area contributed by atoms with Crippen LogP contribution in [0, 0.1) is 5.92 Å². The molecule has 2 rings (SSSR count). The quantitative estimate of drug-likeness (QED) is 0.706. The normalized spacial score (nSPS) is 16.9. The first-order valence-electron chi connectivity index (χ1n) is 7.42. The first kappa shape index (κ1) is 20.4. The van der Waals surface area contributed by atoms with Gasteiger partial charge < -0.3 is 10.0 Å². The Morgan fingerprint density at radius 3 is 2.65 bits per heavy atom. The van der Waals surface area contributed by atoms with E-state index in [4.69, 9.17) is 5.11 Å². The number of sulfonamides is 1. The second-order valence-corrected chi connectivity index (χ2v) is 8.41. The molecule has 2 heterocycles. The summed E-state index contributed by atoms with van der Waals surface area (Å²) < 4.78 is 26.6. The van der Waals surface area contributed by atoms with Crippen molar-refractivity contribution in [2.24, 2.45) is 5.92 Å². The van der Waals surface area contributed by atoms with E-state index in [1.54, 1.807) is 0 Å². The fourth-order valence-electron chi connectivity index (χ4n) is 2.45. The summed E-state index contributed by atoms with van der Waals surface area (Å²) in [6, 6.07) is 1.20. The number of thiophene rings is 1. The molecule has 1 aliphatic heterocycles. The Hall–Kier alpha value is -0.670. The summed E-state index contributed by atoms with van der Waals surface area (Å²) in [5, 5.41) is 10.2. The molecule has 9 heteroatoms. The zero-order valence-corrected chi connectivity index (χ0v) is 15.5. The van der Waals surface area contributed by atoms with Crippen LogP contribution in [-0.2, 0) is 10.0 Å². The van der Waals surface area contributed by atoms with E-state index in [0.29, 0.717) is 6.54 Å². The average Bonchev–Trinajstić information content (AvgIpc) is 2.96. The molecule has 132 valence electrons. The van der Waals surface area contributed by atoms with Crippen LogP contribution in [0.5, 0.6) is 0 Å². The maximum atomic E-state index is 12.1. The van der Waals surface area contributed by atoms with Crippen LogP contribution in [0.1, 0.15) is 35.9 Å². The smallest absolute Gasteiger partial charge is 0.345 e. The van der Waals surface area contributed by atoms with E-state index in [0.717, 1.165) is 43.3 Å². The van der Waals surface area contributed by atoms with E-state index in [-0.39, 0.29) is 22.2 Å². The molecule has 0 saturated carbocycles. The summed E-state index contributed by atoms with van der Waals surface area (Å²) in [4.78, 5) is 13.2. The summed E-state index contributed by atoms with van der Waals surface area (Å²) in [7, 11) is -3.61. The molecule has 0 aliphatic carbocycles. The number of piperidine rings is 1. The summed E-state index contributed by atoms with van der Waals surface area (Å²) in [6.45, 7) is 5.68. The third kappa shape index (κ3) is 6.04. The van der Waals surface area contributed by atoms with Gasteiger partial charge in [0.05, 0.1) is 4.90 Å². The van der Waals surface area contributed by atoms with E-state index in [2.05, 4.69) is 16.5 Å². The largest absolute Gasteiger partial charge is 0.477 e. The van der Waals surface area contributed by atoms with Gasteiger partial charge in [-0.25, -0.2) is 17.9 Å². The summed E-state index contributed by atoms with van der Waals surface area (Å²) >= 11 is 0.920. The van der Waals surface area contributed by atoms with Crippen molar-refractivity contribution in [2.45, 2.75) is 31.1 Å². The van der Waals surface area contributed by atoms with Crippen molar-refractivity contribution >= 4 is 39.7 Å². The Morgan fingerprint density at radius 1 is 1.43 bits per heavy atom. The number of halogens is 1. The molecule has 0 bridgehead atoms. The molecule has 1 aromatic rings. The zero-order chi connectivity index (χ0) is 16.2. The molecule has 1 fully saturated rings. The minimum atomic E-state index is -3.61. The lowest BCUT2D eigenvalue weighted by Crippen LogP contribution is -2.35. The number of carbonyl (C=O) groups is 1. The molecule has 0 amide bonds. The standard InChI is InChI=1S/C14H22N2O4S2.ClH/c1-11-3-7-16(8-4-11)6-2-5-15-22(19,20)12-9-13(14(17)18)21-10-12;/h9-11,15H,2-8H2,1H3,(H,17,18);1H. The lowest BCUT2D eigenvalue weighted by Gasteiger charge is -2.30. The van der Waals surface area contributed by atoms with Gasteiger partial charge in [0.2, 0.25) is 10.0 Å². The highest BCUT2D eigenvalue weighted by molar-refractivity contribution is 7.89. The molecule has 2 N–H and O–H groups in total. The summed E-state index contributed by atoms with van der Waals surface area (Å²) in [6.07, 6.45) is 3.17. The zero-order valence-electron chi connectivity index (χ0n) is 13.0. The van der Waals surface area contributed by atoms with Gasteiger partial charge in [-0.3, -0.25) is 0 Å². The molecule has 0 unspecified atom stereocenters. The van der Waals surface area contributed by atoms with Gasteiger partial charge in [-0.1, -0.05) is 6.92 Å². The summed E-state index contributed by atoms with van der Waals surface area (Å²) in [5.41, 5.74) is 0. The van der Waals surface area contributed by atoms with Crippen LogP contribution in [0.25, 0.3) is 0 Å². The number of carboxylic acids is 1. The predicted molar refractivity (Wildman–Crippen MR) is 93.2 cm³/mol. The van der Waals surface area contributed by atoms with E-state index in [1.165, 1.54) is 24.3 Å². The SMILES string of the molecule is CC1CCN(CCCNS(=O)(=O)c2csc(C(=O)O)c2)CC1.Cl. The Labute approximate surface area is 147 Å². The number of aromatic carboxylic acids is 1. The maximum absolute atomic E-state index is 12.1. The van der Waals surface area contributed by atoms with Crippen molar-refractivity contribution in [3.63, 3.8) is 0 Å². The lowest BCUT2D eigenvalue weighted by atomic mass is 9.99.